The molecule has 0 amide bonds. The van der Waals surface area contributed by atoms with Crippen molar-refractivity contribution in [1.29, 1.82) is 0 Å². The van der Waals surface area contributed by atoms with Crippen molar-refractivity contribution in [3.05, 3.63) is 24.3 Å². The molecule has 0 saturated carbocycles. The lowest BCUT2D eigenvalue weighted by Gasteiger charge is -2.41. The van der Waals surface area contributed by atoms with Gasteiger partial charge in [-0.15, -0.1) is 0 Å². The zero-order valence-corrected chi connectivity index (χ0v) is 11.3. The van der Waals surface area contributed by atoms with Gasteiger partial charge < -0.3 is 20.3 Å². The normalized spacial score (nSPS) is 21.1. The number of hydrogen-bond acceptors (Lipinski definition) is 4. The van der Waals surface area contributed by atoms with E-state index in [-0.39, 0.29) is 0 Å². The molecular weight excluding hydrogens is 226 g/mol. The first-order valence-electron chi connectivity index (χ1n) is 6.54. The van der Waals surface area contributed by atoms with Crippen LogP contribution in [0.2, 0.25) is 0 Å². The number of likely N-dealkylation sites (N-methyl/N-ethyl adjacent to an activating group) is 1. The van der Waals surface area contributed by atoms with Crippen LogP contribution in [0.15, 0.2) is 24.3 Å². The van der Waals surface area contributed by atoms with E-state index in [0.717, 1.165) is 38.3 Å². The average Bonchev–Trinajstić information content (AvgIpc) is 2.40. The predicted molar refractivity (Wildman–Crippen MR) is 75.3 cm³/mol. The molecule has 1 unspecified atom stereocenters. The Labute approximate surface area is 109 Å². The summed E-state index contributed by atoms with van der Waals surface area (Å²) in [6.07, 6.45) is 1.04. The van der Waals surface area contributed by atoms with E-state index in [1.165, 1.54) is 5.69 Å². The number of benzene rings is 1. The minimum Gasteiger partial charge on any atom is -0.497 e. The van der Waals surface area contributed by atoms with Crippen LogP contribution in [0.3, 0.4) is 0 Å². The Bertz CT molecular complexity index is 366. The van der Waals surface area contributed by atoms with Crippen LogP contribution in [0.5, 0.6) is 5.75 Å². The molecule has 0 spiro atoms. The Kier molecular flexibility index (Phi) is 4.44. The third-order valence-corrected chi connectivity index (χ3v) is 3.59. The first kappa shape index (κ1) is 13.2. The zero-order valence-electron chi connectivity index (χ0n) is 11.3. The Morgan fingerprint density at radius 3 is 2.61 bits per heavy atom. The maximum atomic E-state index is 5.73. The topological polar surface area (TPSA) is 41.7 Å². The van der Waals surface area contributed by atoms with Gasteiger partial charge in [0.15, 0.2) is 0 Å². The number of hydrogen-bond donors (Lipinski definition) is 1. The summed E-state index contributed by atoms with van der Waals surface area (Å²) in [7, 11) is 3.87. The molecule has 1 aromatic carbocycles. The SMILES string of the molecule is COc1ccc(N2CCN(C)CC2CCN)cc1. The van der Waals surface area contributed by atoms with E-state index in [1.54, 1.807) is 7.11 Å². The Morgan fingerprint density at radius 2 is 2.00 bits per heavy atom. The van der Waals surface area contributed by atoms with Gasteiger partial charge in [0, 0.05) is 31.4 Å². The molecule has 1 saturated heterocycles. The summed E-state index contributed by atoms with van der Waals surface area (Å²) in [5, 5.41) is 0. The van der Waals surface area contributed by atoms with Gasteiger partial charge in [-0.25, -0.2) is 0 Å². The van der Waals surface area contributed by atoms with Gasteiger partial charge in [-0.05, 0) is 44.3 Å². The van der Waals surface area contributed by atoms with Crippen LogP contribution in [-0.4, -0.2) is 51.3 Å². The standard InChI is InChI=1S/C14H23N3O/c1-16-9-10-17(13(11-16)7-8-15)12-3-5-14(18-2)6-4-12/h3-6,13H,7-11,15H2,1-2H3. The molecule has 0 radical (unpaired) electrons. The molecule has 0 aliphatic carbocycles. The van der Waals surface area contributed by atoms with Crippen LogP contribution in [-0.2, 0) is 0 Å². The fourth-order valence-electron chi connectivity index (χ4n) is 2.56. The van der Waals surface area contributed by atoms with Crippen LogP contribution in [0.25, 0.3) is 0 Å². The quantitative estimate of drug-likeness (QED) is 0.869. The van der Waals surface area contributed by atoms with Gasteiger partial charge in [0.1, 0.15) is 5.75 Å². The van der Waals surface area contributed by atoms with Gasteiger partial charge in [0.05, 0.1) is 7.11 Å². The van der Waals surface area contributed by atoms with Crippen molar-refractivity contribution in [2.45, 2.75) is 12.5 Å². The van der Waals surface area contributed by atoms with Gasteiger partial charge in [0.25, 0.3) is 0 Å². The largest absolute Gasteiger partial charge is 0.497 e. The molecular formula is C14H23N3O. The molecule has 4 nitrogen and oxygen atoms in total. The molecule has 100 valence electrons. The lowest BCUT2D eigenvalue weighted by molar-refractivity contribution is 0.262. The third-order valence-electron chi connectivity index (χ3n) is 3.59. The highest BCUT2D eigenvalue weighted by Crippen LogP contribution is 2.24. The van der Waals surface area contributed by atoms with E-state index in [1.807, 2.05) is 12.1 Å². The van der Waals surface area contributed by atoms with Crippen LogP contribution in [0.4, 0.5) is 5.69 Å². The second kappa shape index (κ2) is 6.07. The number of anilines is 1. The van der Waals surface area contributed by atoms with Crippen molar-refractivity contribution in [1.82, 2.24) is 4.90 Å². The fourth-order valence-corrected chi connectivity index (χ4v) is 2.56. The second-order valence-corrected chi connectivity index (χ2v) is 4.88. The third kappa shape index (κ3) is 2.94. The average molecular weight is 249 g/mol. The van der Waals surface area contributed by atoms with Gasteiger partial charge in [-0.1, -0.05) is 0 Å². The van der Waals surface area contributed by atoms with Crippen molar-refractivity contribution >= 4 is 5.69 Å². The van der Waals surface area contributed by atoms with Crippen LogP contribution in [0.1, 0.15) is 6.42 Å². The number of nitrogens with two attached hydrogens (primary N) is 1. The summed E-state index contributed by atoms with van der Waals surface area (Å²) in [5.74, 6) is 0.906. The van der Waals surface area contributed by atoms with E-state index >= 15 is 0 Å². The summed E-state index contributed by atoms with van der Waals surface area (Å²) in [6.45, 7) is 4.00. The number of methoxy groups -OCH3 is 1. The smallest absolute Gasteiger partial charge is 0.119 e. The lowest BCUT2D eigenvalue weighted by atomic mass is 10.1. The monoisotopic (exact) mass is 249 g/mol. The van der Waals surface area contributed by atoms with Crippen LogP contribution in [0, 0.1) is 0 Å². The number of ether oxygens (including phenoxy) is 1. The first-order chi connectivity index (χ1) is 8.74. The highest BCUT2D eigenvalue weighted by Gasteiger charge is 2.24. The molecule has 4 heteroatoms. The first-order valence-corrected chi connectivity index (χ1v) is 6.54. The molecule has 1 aromatic rings. The second-order valence-electron chi connectivity index (χ2n) is 4.88. The number of piperazine rings is 1. The lowest BCUT2D eigenvalue weighted by Crippen LogP contribution is -2.52. The molecule has 0 aromatic heterocycles. The zero-order chi connectivity index (χ0) is 13.0. The molecule has 2 rings (SSSR count). The minimum atomic E-state index is 0.516. The van der Waals surface area contributed by atoms with E-state index < -0.39 is 0 Å². The van der Waals surface area contributed by atoms with E-state index in [0.29, 0.717) is 6.04 Å². The minimum absolute atomic E-state index is 0.516. The van der Waals surface area contributed by atoms with Crippen molar-refractivity contribution in [3.8, 4) is 5.75 Å². The van der Waals surface area contributed by atoms with Crippen LogP contribution >= 0.6 is 0 Å². The molecule has 18 heavy (non-hydrogen) atoms. The van der Waals surface area contributed by atoms with Crippen molar-refractivity contribution < 1.29 is 4.74 Å². The molecule has 0 bridgehead atoms. The number of rotatable bonds is 4. The molecule has 1 aliphatic heterocycles. The van der Waals surface area contributed by atoms with Crippen LogP contribution < -0.4 is 15.4 Å². The van der Waals surface area contributed by atoms with E-state index in [2.05, 4.69) is 29.0 Å². The molecule has 1 atom stereocenters. The molecule has 1 fully saturated rings. The fraction of sp³-hybridized carbons (Fsp3) is 0.571. The molecule has 1 heterocycles. The summed E-state index contributed by atoms with van der Waals surface area (Å²) in [4.78, 5) is 4.84. The van der Waals surface area contributed by atoms with Crippen molar-refractivity contribution in [2.24, 2.45) is 5.73 Å². The maximum absolute atomic E-state index is 5.73. The highest BCUT2D eigenvalue weighted by atomic mass is 16.5. The van der Waals surface area contributed by atoms with E-state index in [4.69, 9.17) is 10.5 Å². The van der Waals surface area contributed by atoms with Gasteiger partial charge in [-0.3, -0.25) is 0 Å². The van der Waals surface area contributed by atoms with Crippen molar-refractivity contribution in [2.75, 3.05) is 45.2 Å². The molecule has 1 aliphatic rings. The molecule has 2 N–H and O–H groups in total. The Balaban J connectivity index is 2.12. The van der Waals surface area contributed by atoms with Gasteiger partial charge in [-0.2, -0.15) is 0 Å². The van der Waals surface area contributed by atoms with Gasteiger partial charge >= 0.3 is 0 Å². The Hall–Kier alpha value is -1.26. The highest BCUT2D eigenvalue weighted by molar-refractivity contribution is 5.50. The predicted octanol–water partition coefficient (Wildman–Crippen LogP) is 1.16. The summed E-state index contributed by atoms with van der Waals surface area (Å²) in [5.41, 5.74) is 6.99. The maximum Gasteiger partial charge on any atom is 0.119 e. The summed E-state index contributed by atoms with van der Waals surface area (Å²) in [6, 6.07) is 8.82. The summed E-state index contributed by atoms with van der Waals surface area (Å²) >= 11 is 0. The summed E-state index contributed by atoms with van der Waals surface area (Å²) < 4.78 is 5.20. The Morgan fingerprint density at radius 1 is 1.28 bits per heavy atom. The van der Waals surface area contributed by atoms with E-state index in [9.17, 15) is 0 Å². The number of nitrogens with zero attached hydrogens (tertiary/aromatic N) is 2. The van der Waals surface area contributed by atoms with Gasteiger partial charge in [0.2, 0.25) is 0 Å². The van der Waals surface area contributed by atoms with Crippen molar-refractivity contribution in [3.63, 3.8) is 0 Å².